The number of nitrogens with one attached hydrogen (secondary N) is 2. The van der Waals surface area contributed by atoms with Gasteiger partial charge in [0.15, 0.2) is 11.6 Å². The van der Waals surface area contributed by atoms with Crippen LogP contribution in [-0.4, -0.2) is 25.6 Å². The summed E-state index contributed by atoms with van der Waals surface area (Å²) in [4.78, 5) is 11.7. The first-order valence-electron chi connectivity index (χ1n) is 6.30. The lowest BCUT2D eigenvalue weighted by molar-refractivity contribution is -0.120. The largest absolute Gasteiger partial charge is 0.494 e. The van der Waals surface area contributed by atoms with E-state index in [2.05, 4.69) is 10.6 Å². The molecule has 0 aromatic heterocycles. The topological polar surface area (TPSA) is 50.4 Å². The number of halogens is 1. The molecule has 0 bridgehead atoms. The van der Waals surface area contributed by atoms with Crippen LogP contribution in [0.3, 0.4) is 0 Å². The molecule has 106 valence electrons. The number of hydrogen-bond acceptors (Lipinski definition) is 3. The van der Waals surface area contributed by atoms with Gasteiger partial charge in [0.2, 0.25) is 5.91 Å². The molecule has 5 heteroatoms. The molecule has 1 atom stereocenters. The predicted molar refractivity (Wildman–Crippen MR) is 73.9 cm³/mol. The minimum atomic E-state index is -0.425. The third-order valence-electron chi connectivity index (χ3n) is 2.99. The van der Waals surface area contributed by atoms with Gasteiger partial charge in [-0.2, -0.15) is 0 Å². The molecule has 0 aliphatic rings. The summed E-state index contributed by atoms with van der Waals surface area (Å²) in [5.74, 6) is 0.0197. The molecule has 0 saturated carbocycles. The number of ether oxygens (including phenoxy) is 1. The van der Waals surface area contributed by atoms with Crippen molar-refractivity contribution in [3.05, 3.63) is 24.0 Å². The predicted octanol–water partition coefficient (Wildman–Crippen LogP) is 2.41. The number of carbonyl (C=O) groups excluding carboxylic acids is 1. The molecule has 1 aromatic carbocycles. The van der Waals surface area contributed by atoms with E-state index in [9.17, 15) is 9.18 Å². The number of carbonyl (C=O) groups is 1. The average molecular weight is 268 g/mol. The molecule has 1 aromatic rings. The highest BCUT2D eigenvalue weighted by molar-refractivity contribution is 5.81. The van der Waals surface area contributed by atoms with E-state index in [0.29, 0.717) is 11.6 Å². The van der Waals surface area contributed by atoms with Gasteiger partial charge < -0.3 is 15.4 Å². The van der Waals surface area contributed by atoms with Crippen LogP contribution in [-0.2, 0) is 4.79 Å². The Kier molecular flexibility index (Phi) is 5.60. The van der Waals surface area contributed by atoms with Crippen molar-refractivity contribution in [3.8, 4) is 5.75 Å². The monoisotopic (exact) mass is 268 g/mol. The fraction of sp³-hybridized carbons (Fsp3) is 0.500. The van der Waals surface area contributed by atoms with E-state index < -0.39 is 5.82 Å². The molecule has 1 unspecified atom stereocenters. The van der Waals surface area contributed by atoms with E-state index in [-0.39, 0.29) is 24.2 Å². The lowest BCUT2D eigenvalue weighted by Crippen LogP contribution is -2.39. The van der Waals surface area contributed by atoms with E-state index in [1.165, 1.54) is 19.2 Å². The zero-order valence-electron chi connectivity index (χ0n) is 11.8. The molecule has 0 aliphatic carbocycles. The summed E-state index contributed by atoms with van der Waals surface area (Å²) in [6, 6.07) is 4.51. The van der Waals surface area contributed by atoms with Crippen molar-refractivity contribution < 1.29 is 13.9 Å². The van der Waals surface area contributed by atoms with Crippen LogP contribution >= 0.6 is 0 Å². The number of methoxy groups -OCH3 is 1. The lowest BCUT2D eigenvalue weighted by atomic mass is 10.1. The zero-order valence-corrected chi connectivity index (χ0v) is 11.8. The summed E-state index contributed by atoms with van der Waals surface area (Å²) in [6.45, 7) is 6.20. The molecule has 4 nitrogen and oxygen atoms in total. The first kappa shape index (κ1) is 15.3. The summed E-state index contributed by atoms with van der Waals surface area (Å²) in [7, 11) is 1.40. The summed E-state index contributed by atoms with van der Waals surface area (Å²) < 4.78 is 18.1. The summed E-state index contributed by atoms with van der Waals surface area (Å²) in [5.41, 5.74) is 0.644. The van der Waals surface area contributed by atoms with E-state index in [1.54, 1.807) is 6.07 Å². The van der Waals surface area contributed by atoms with Gasteiger partial charge in [0.25, 0.3) is 0 Å². The van der Waals surface area contributed by atoms with Gasteiger partial charge in [-0.25, -0.2) is 4.39 Å². The summed E-state index contributed by atoms with van der Waals surface area (Å²) in [5, 5.41) is 5.81. The maximum Gasteiger partial charge on any atom is 0.239 e. The maximum absolute atomic E-state index is 13.2. The molecule has 0 fully saturated rings. The van der Waals surface area contributed by atoms with Crippen molar-refractivity contribution in [1.29, 1.82) is 0 Å². The Morgan fingerprint density at radius 2 is 2.05 bits per heavy atom. The van der Waals surface area contributed by atoms with Crippen LogP contribution < -0.4 is 15.4 Å². The SMILES string of the molecule is COc1cc(NCC(=O)NC(C)C(C)C)ccc1F. The summed E-state index contributed by atoms with van der Waals surface area (Å²) in [6.07, 6.45) is 0. The lowest BCUT2D eigenvalue weighted by Gasteiger charge is -2.17. The van der Waals surface area contributed by atoms with Crippen LogP contribution in [0, 0.1) is 11.7 Å². The second-order valence-corrected chi connectivity index (χ2v) is 4.80. The van der Waals surface area contributed by atoms with Gasteiger partial charge in [0.1, 0.15) is 0 Å². The van der Waals surface area contributed by atoms with E-state index in [0.717, 1.165) is 0 Å². The average Bonchev–Trinajstić information content (AvgIpc) is 2.37. The Balaban J connectivity index is 2.50. The molecule has 0 aliphatic heterocycles. The van der Waals surface area contributed by atoms with Gasteiger partial charge in [0, 0.05) is 17.8 Å². The van der Waals surface area contributed by atoms with Crippen molar-refractivity contribution in [2.75, 3.05) is 19.0 Å². The van der Waals surface area contributed by atoms with Crippen LogP contribution in [0.1, 0.15) is 20.8 Å². The van der Waals surface area contributed by atoms with Gasteiger partial charge in [-0.15, -0.1) is 0 Å². The van der Waals surface area contributed by atoms with Crippen LogP contribution in [0.2, 0.25) is 0 Å². The Morgan fingerprint density at radius 1 is 1.37 bits per heavy atom. The highest BCUT2D eigenvalue weighted by atomic mass is 19.1. The van der Waals surface area contributed by atoms with Gasteiger partial charge in [-0.3, -0.25) is 4.79 Å². The quantitative estimate of drug-likeness (QED) is 0.833. The molecule has 19 heavy (non-hydrogen) atoms. The number of benzene rings is 1. The Labute approximate surface area is 113 Å². The fourth-order valence-corrected chi connectivity index (χ4v) is 1.42. The van der Waals surface area contributed by atoms with Gasteiger partial charge in [-0.1, -0.05) is 13.8 Å². The van der Waals surface area contributed by atoms with Gasteiger partial charge in [0.05, 0.1) is 13.7 Å². The van der Waals surface area contributed by atoms with E-state index >= 15 is 0 Å². The van der Waals surface area contributed by atoms with E-state index in [4.69, 9.17) is 4.74 Å². The molecular weight excluding hydrogens is 247 g/mol. The van der Waals surface area contributed by atoms with Crippen LogP contribution in [0.25, 0.3) is 0 Å². The third-order valence-corrected chi connectivity index (χ3v) is 2.99. The van der Waals surface area contributed by atoms with Gasteiger partial charge >= 0.3 is 0 Å². The normalized spacial score (nSPS) is 12.1. The zero-order chi connectivity index (χ0) is 14.4. The van der Waals surface area contributed by atoms with E-state index in [1.807, 2.05) is 20.8 Å². The highest BCUT2D eigenvalue weighted by Gasteiger charge is 2.10. The van der Waals surface area contributed by atoms with Crippen LogP contribution in [0.15, 0.2) is 18.2 Å². The molecule has 0 spiro atoms. The minimum absolute atomic E-state index is 0.0931. The smallest absolute Gasteiger partial charge is 0.239 e. The fourth-order valence-electron chi connectivity index (χ4n) is 1.42. The highest BCUT2D eigenvalue weighted by Crippen LogP contribution is 2.21. The molecule has 2 N–H and O–H groups in total. The Hall–Kier alpha value is -1.78. The first-order valence-corrected chi connectivity index (χ1v) is 6.30. The van der Waals surface area contributed by atoms with Gasteiger partial charge in [-0.05, 0) is 25.0 Å². The molecule has 1 rings (SSSR count). The van der Waals surface area contributed by atoms with Crippen LogP contribution in [0.5, 0.6) is 5.75 Å². The van der Waals surface area contributed by atoms with Crippen molar-refractivity contribution in [3.63, 3.8) is 0 Å². The number of rotatable bonds is 6. The minimum Gasteiger partial charge on any atom is -0.494 e. The van der Waals surface area contributed by atoms with Crippen LogP contribution in [0.4, 0.5) is 10.1 Å². The van der Waals surface area contributed by atoms with Crippen molar-refractivity contribution in [2.24, 2.45) is 5.92 Å². The second kappa shape index (κ2) is 6.97. The van der Waals surface area contributed by atoms with Crippen molar-refractivity contribution >= 4 is 11.6 Å². The first-order chi connectivity index (χ1) is 8.93. The number of anilines is 1. The molecule has 0 radical (unpaired) electrons. The van der Waals surface area contributed by atoms with Crippen molar-refractivity contribution in [1.82, 2.24) is 5.32 Å². The Bertz CT molecular complexity index is 435. The number of hydrogen-bond donors (Lipinski definition) is 2. The second-order valence-electron chi connectivity index (χ2n) is 4.80. The molecule has 0 saturated heterocycles. The van der Waals surface area contributed by atoms with Crippen molar-refractivity contribution in [2.45, 2.75) is 26.8 Å². The Morgan fingerprint density at radius 3 is 2.63 bits per heavy atom. The molecular formula is C14H21FN2O2. The number of amides is 1. The molecule has 1 amide bonds. The summed E-state index contributed by atoms with van der Waals surface area (Å²) >= 11 is 0. The standard InChI is InChI=1S/C14H21FN2O2/c1-9(2)10(3)17-14(18)8-16-11-5-6-12(15)13(7-11)19-4/h5-7,9-10,16H,8H2,1-4H3,(H,17,18). The third kappa shape index (κ3) is 4.77. The maximum atomic E-state index is 13.2. The molecule has 0 heterocycles.